The Morgan fingerprint density at radius 2 is 2.28 bits per heavy atom. The number of aromatic nitrogens is 1. The Bertz CT molecular complexity index is 758. The standard InChI is InChI=1S/C19H23N3O3/c23-18(22-16-5-8-25-19(11-16)6-9-24-13-19)21-12-14-3-4-17-15(10-14)2-1-7-20-17/h1-4,7,10,16H,5-6,8-9,11-13H2,(H2,21,22,23)/t16-,19-/m1/s1. The number of fused-ring (bicyclic) bond motifs is 1. The third-order valence-corrected chi connectivity index (χ3v) is 5.02. The Morgan fingerprint density at radius 3 is 3.16 bits per heavy atom. The van der Waals surface area contributed by atoms with Gasteiger partial charge in [-0.3, -0.25) is 4.98 Å². The van der Waals surface area contributed by atoms with Crippen LogP contribution in [-0.2, 0) is 16.0 Å². The number of nitrogens with zero attached hydrogens (tertiary/aromatic N) is 1. The number of rotatable bonds is 3. The molecular weight excluding hydrogens is 318 g/mol. The smallest absolute Gasteiger partial charge is 0.315 e. The van der Waals surface area contributed by atoms with Gasteiger partial charge in [0.05, 0.1) is 17.7 Å². The molecule has 25 heavy (non-hydrogen) atoms. The number of hydrogen-bond acceptors (Lipinski definition) is 4. The van der Waals surface area contributed by atoms with Crippen molar-refractivity contribution in [2.45, 2.75) is 37.5 Å². The second kappa shape index (κ2) is 6.98. The monoisotopic (exact) mass is 341 g/mol. The molecule has 6 heteroatoms. The van der Waals surface area contributed by atoms with Crippen molar-refractivity contribution in [1.29, 1.82) is 0 Å². The highest BCUT2D eigenvalue weighted by Gasteiger charge is 2.41. The number of carbonyl (C=O) groups is 1. The normalized spacial score (nSPS) is 26.0. The fraction of sp³-hybridized carbons (Fsp3) is 0.474. The molecule has 0 unspecified atom stereocenters. The molecule has 0 saturated carbocycles. The summed E-state index contributed by atoms with van der Waals surface area (Å²) in [6.07, 6.45) is 4.36. The zero-order valence-corrected chi connectivity index (χ0v) is 14.2. The van der Waals surface area contributed by atoms with E-state index >= 15 is 0 Å². The topological polar surface area (TPSA) is 72.5 Å². The summed E-state index contributed by atoms with van der Waals surface area (Å²) in [6, 6.07) is 9.98. The molecule has 0 aliphatic carbocycles. The molecule has 2 fully saturated rings. The van der Waals surface area contributed by atoms with Crippen molar-refractivity contribution >= 4 is 16.9 Å². The van der Waals surface area contributed by atoms with Crippen LogP contribution in [0.3, 0.4) is 0 Å². The first-order valence-corrected chi connectivity index (χ1v) is 8.82. The molecule has 6 nitrogen and oxygen atoms in total. The van der Waals surface area contributed by atoms with E-state index in [0.29, 0.717) is 19.8 Å². The number of benzene rings is 1. The summed E-state index contributed by atoms with van der Waals surface area (Å²) in [5.41, 5.74) is 1.83. The molecule has 132 valence electrons. The highest BCUT2D eigenvalue weighted by Crippen LogP contribution is 2.32. The van der Waals surface area contributed by atoms with E-state index < -0.39 is 0 Å². The van der Waals surface area contributed by atoms with Gasteiger partial charge in [-0.2, -0.15) is 0 Å². The average molecular weight is 341 g/mol. The number of ether oxygens (including phenoxy) is 2. The van der Waals surface area contributed by atoms with Gasteiger partial charge in [-0.1, -0.05) is 12.1 Å². The van der Waals surface area contributed by atoms with E-state index in [2.05, 4.69) is 21.7 Å². The lowest BCUT2D eigenvalue weighted by Crippen LogP contribution is -2.51. The van der Waals surface area contributed by atoms with Crippen molar-refractivity contribution in [2.24, 2.45) is 0 Å². The maximum Gasteiger partial charge on any atom is 0.315 e. The van der Waals surface area contributed by atoms with Gasteiger partial charge in [-0.25, -0.2) is 4.79 Å². The first kappa shape index (κ1) is 16.3. The molecule has 1 spiro atoms. The predicted octanol–water partition coefficient (Wildman–Crippen LogP) is 2.37. The second-order valence-corrected chi connectivity index (χ2v) is 6.88. The summed E-state index contributed by atoms with van der Waals surface area (Å²) in [6.45, 7) is 2.55. The first-order valence-electron chi connectivity index (χ1n) is 8.82. The molecule has 3 heterocycles. The van der Waals surface area contributed by atoms with Gasteiger partial charge in [0.1, 0.15) is 0 Å². The van der Waals surface area contributed by atoms with Crippen LogP contribution >= 0.6 is 0 Å². The molecule has 2 aliphatic heterocycles. The lowest BCUT2D eigenvalue weighted by molar-refractivity contribution is -0.0878. The Hall–Kier alpha value is -2.18. The van der Waals surface area contributed by atoms with Crippen LogP contribution in [0.25, 0.3) is 10.9 Å². The van der Waals surface area contributed by atoms with Gasteiger partial charge in [0.25, 0.3) is 0 Å². The van der Waals surface area contributed by atoms with Gasteiger partial charge < -0.3 is 20.1 Å². The summed E-state index contributed by atoms with van der Waals surface area (Å²) in [4.78, 5) is 16.6. The molecule has 2 aromatic rings. The van der Waals surface area contributed by atoms with E-state index in [1.807, 2.05) is 24.3 Å². The Labute approximate surface area is 146 Å². The fourth-order valence-electron chi connectivity index (χ4n) is 3.67. The molecule has 2 amide bonds. The molecule has 0 radical (unpaired) electrons. The van der Waals surface area contributed by atoms with Crippen molar-refractivity contribution in [3.05, 3.63) is 42.1 Å². The number of nitrogens with one attached hydrogen (secondary N) is 2. The molecule has 1 aromatic heterocycles. The minimum absolute atomic E-state index is 0.132. The summed E-state index contributed by atoms with van der Waals surface area (Å²) in [5.74, 6) is 0. The molecule has 2 N–H and O–H groups in total. The Balaban J connectivity index is 1.31. The van der Waals surface area contributed by atoms with Crippen LogP contribution in [0.4, 0.5) is 4.79 Å². The Kier molecular flexibility index (Phi) is 4.55. The Morgan fingerprint density at radius 1 is 1.32 bits per heavy atom. The molecule has 0 bridgehead atoms. The van der Waals surface area contributed by atoms with E-state index in [1.165, 1.54) is 0 Å². The van der Waals surface area contributed by atoms with E-state index in [4.69, 9.17) is 9.47 Å². The third kappa shape index (κ3) is 3.75. The second-order valence-electron chi connectivity index (χ2n) is 6.88. The predicted molar refractivity (Wildman–Crippen MR) is 94.3 cm³/mol. The van der Waals surface area contributed by atoms with Crippen molar-refractivity contribution in [1.82, 2.24) is 15.6 Å². The highest BCUT2D eigenvalue weighted by molar-refractivity contribution is 5.79. The number of hydrogen-bond donors (Lipinski definition) is 2. The molecular formula is C19H23N3O3. The van der Waals surface area contributed by atoms with Crippen LogP contribution < -0.4 is 10.6 Å². The van der Waals surface area contributed by atoms with Crippen LogP contribution in [0.1, 0.15) is 24.8 Å². The maximum absolute atomic E-state index is 12.2. The number of carbonyl (C=O) groups excluding carboxylic acids is 1. The molecule has 2 aliphatic rings. The van der Waals surface area contributed by atoms with Crippen molar-refractivity contribution in [2.75, 3.05) is 19.8 Å². The quantitative estimate of drug-likeness (QED) is 0.899. The van der Waals surface area contributed by atoms with Gasteiger partial charge >= 0.3 is 6.03 Å². The van der Waals surface area contributed by atoms with E-state index in [1.54, 1.807) is 6.20 Å². The summed E-state index contributed by atoms with van der Waals surface area (Å²) < 4.78 is 11.4. The fourth-order valence-corrected chi connectivity index (χ4v) is 3.67. The summed E-state index contributed by atoms with van der Waals surface area (Å²) in [7, 11) is 0. The van der Waals surface area contributed by atoms with Crippen LogP contribution in [0.5, 0.6) is 0 Å². The van der Waals surface area contributed by atoms with Crippen LogP contribution in [0.2, 0.25) is 0 Å². The molecule has 4 rings (SSSR count). The lowest BCUT2D eigenvalue weighted by atomic mass is 9.90. The zero-order valence-electron chi connectivity index (χ0n) is 14.2. The van der Waals surface area contributed by atoms with Crippen molar-refractivity contribution in [3.63, 3.8) is 0 Å². The van der Waals surface area contributed by atoms with Gasteiger partial charge in [0.2, 0.25) is 0 Å². The van der Waals surface area contributed by atoms with Crippen LogP contribution in [0, 0.1) is 0 Å². The van der Waals surface area contributed by atoms with Crippen molar-refractivity contribution < 1.29 is 14.3 Å². The minimum Gasteiger partial charge on any atom is -0.378 e. The lowest BCUT2D eigenvalue weighted by Gasteiger charge is -2.37. The summed E-state index contributed by atoms with van der Waals surface area (Å²) in [5, 5.41) is 7.11. The van der Waals surface area contributed by atoms with E-state index in [9.17, 15) is 4.79 Å². The SMILES string of the molecule is O=C(NCc1ccc2ncccc2c1)N[C@@H]1CCO[C@]2(CCOC2)C1. The van der Waals surface area contributed by atoms with Gasteiger partial charge in [-0.05, 0) is 36.6 Å². The number of pyridine rings is 1. The number of urea groups is 1. The van der Waals surface area contributed by atoms with Crippen LogP contribution in [0.15, 0.2) is 36.5 Å². The number of amides is 2. The molecule has 2 atom stereocenters. The minimum atomic E-state index is -0.193. The average Bonchev–Trinajstić information content (AvgIpc) is 3.07. The van der Waals surface area contributed by atoms with Gasteiger partial charge in [-0.15, -0.1) is 0 Å². The zero-order chi connectivity index (χ0) is 17.1. The van der Waals surface area contributed by atoms with Gasteiger partial charge in [0.15, 0.2) is 0 Å². The first-order chi connectivity index (χ1) is 12.2. The van der Waals surface area contributed by atoms with Gasteiger partial charge in [0, 0.05) is 43.8 Å². The van der Waals surface area contributed by atoms with E-state index in [0.717, 1.165) is 42.3 Å². The summed E-state index contributed by atoms with van der Waals surface area (Å²) >= 11 is 0. The molecule has 2 saturated heterocycles. The maximum atomic E-state index is 12.2. The molecule has 1 aromatic carbocycles. The van der Waals surface area contributed by atoms with Crippen LogP contribution in [-0.4, -0.2) is 42.5 Å². The largest absolute Gasteiger partial charge is 0.378 e. The highest BCUT2D eigenvalue weighted by atomic mass is 16.6. The van der Waals surface area contributed by atoms with E-state index in [-0.39, 0.29) is 17.7 Å². The third-order valence-electron chi connectivity index (χ3n) is 5.02. The van der Waals surface area contributed by atoms with Crippen molar-refractivity contribution in [3.8, 4) is 0 Å².